The van der Waals surface area contributed by atoms with E-state index in [1.807, 2.05) is 0 Å². The van der Waals surface area contributed by atoms with Crippen molar-refractivity contribution < 1.29 is 24.3 Å². The molecular weight excluding hydrogens is 255 g/mol. The number of amides is 2. The molecule has 81 valence electrons. The van der Waals surface area contributed by atoms with Crippen LogP contribution in [0.15, 0.2) is 0 Å². The van der Waals surface area contributed by atoms with Crippen LogP contribution in [0.3, 0.4) is 0 Å². The maximum absolute atomic E-state index is 11.0. The first-order valence-electron chi connectivity index (χ1n) is 4.22. The van der Waals surface area contributed by atoms with Crippen LogP contribution in [0.1, 0.15) is 27.2 Å². The van der Waals surface area contributed by atoms with Gasteiger partial charge in [0.25, 0.3) is 0 Å². The second kappa shape index (κ2) is 6.36. The van der Waals surface area contributed by atoms with E-state index in [1.54, 1.807) is 11.9 Å². The molecule has 0 aromatic rings. The Hall–Kier alpha value is -0.107. The van der Waals surface area contributed by atoms with E-state index < -0.39 is 0 Å². The van der Waals surface area contributed by atoms with Gasteiger partial charge < -0.3 is 10.2 Å². The van der Waals surface area contributed by atoms with Crippen molar-refractivity contribution in [2.24, 2.45) is 5.41 Å². The molecule has 0 unspecified atom stereocenters. The van der Waals surface area contributed by atoms with Gasteiger partial charge in [-0.1, -0.05) is 34.9 Å². The van der Waals surface area contributed by atoms with Gasteiger partial charge in [-0.15, -0.1) is 0 Å². The third-order valence-corrected chi connectivity index (χ3v) is 1.72. The summed E-state index contributed by atoms with van der Waals surface area (Å²) in [6, 6.07) is -0.140. The molecule has 4 heteroatoms. The minimum atomic E-state index is -0.140. The van der Waals surface area contributed by atoms with E-state index in [4.69, 9.17) is 0 Å². The van der Waals surface area contributed by atoms with E-state index >= 15 is 0 Å². The Bertz CT molecular complexity index is 154. The average molecular weight is 274 g/mol. The van der Waals surface area contributed by atoms with Crippen LogP contribution in [-0.2, 0) is 19.5 Å². The first kappa shape index (κ1) is 15.4. The summed E-state index contributed by atoms with van der Waals surface area (Å²) in [4.78, 5) is 12.6. The van der Waals surface area contributed by atoms with Crippen LogP contribution in [0.5, 0.6) is 0 Å². The predicted octanol–water partition coefficient (Wildman–Crippen LogP) is 2.48. The average Bonchev–Trinajstić information content (AvgIpc) is 1.97. The van der Waals surface area contributed by atoms with Gasteiger partial charge >= 0.3 is 0 Å². The molecule has 0 aliphatic rings. The number of hydrogen-bond donors (Lipinski definition) is 0. The summed E-state index contributed by atoms with van der Waals surface area (Å²) in [5, 5.41) is 3.58. The van der Waals surface area contributed by atoms with E-state index in [1.165, 1.54) is 7.05 Å². The SMILES string of the molecule is C[N-]C(=O)N(C)CCC(C)(C)C.[Rh]. The van der Waals surface area contributed by atoms with E-state index in [2.05, 4.69) is 26.1 Å². The molecule has 0 N–H and O–H groups in total. The van der Waals surface area contributed by atoms with Gasteiger partial charge in [0.2, 0.25) is 0 Å². The van der Waals surface area contributed by atoms with Crippen molar-refractivity contribution >= 4 is 6.03 Å². The van der Waals surface area contributed by atoms with Crippen LogP contribution in [0.25, 0.3) is 5.32 Å². The third-order valence-electron chi connectivity index (χ3n) is 1.72. The number of urea groups is 1. The number of rotatable bonds is 2. The molecule has 1 radical (unpaired) electrons. The van der Waals surface area contributed by atoms with Gasteiger partial charge in [0, 0.05) is 19.5 Å². The molecule has 0 saturated heterocycles. The molecular formula is C9H19N2ORh-. The predicted molar refractivity (Wildman–Crippen MR) is 51.4 cm³/mol. The molecule has 0 aliphatic carbocycles. The molecule has 0 rings (SSSR count). The minimum Gasteiger partial charge on any atom is -0.440 e. The van der Waals surface area contributed by atoms with Gasteiger partial charge in [-0.2, -0.15) is 0 Å². The Morgan fingerprint density at radius 1 is 1.38 bits per heavy atom. The quantitative estimate of drug-likeness (QED) is 0.712. The summed E-state index contributed by atoms with van der Waals surface area (Å²) >= 11 is 0. The molecule has 0 aliphatic heterocycles. The fourth-order valence-electron chi connectivity index (χ4n) is 0.769. The van der Waals surface area contributed by atoms with Crippen LogP contribution >= 0.6 is 0 Å². The number of carbonyl (C=O) groups is 1. The molecule has 0 saturated carbocycles. The zero-order valence-electron chi connectivity index (χ0n) is 9.05. The Morgan fingerprint density at radius 2 is 1.85 bits per heavy atom. The fraction of sp³-hybridized carbons (Fsp3) is 0.889. The van der Waals surface area contributed by atoms with E-state index in [9.17, 15) is 4.79 Å². The zero-order valence-corrected chi connectivity index (χ0v) is 10.7. The fourth-order valence-corrected chi connectivity index (χ4v) is 0.769. The van der Waals surface area contributed by atoms with Gasteiger partial charge in [0.15, 0.2) is 6.03 Å². The molecule has 0 atom stereocenters. The van der Waals surface area contributed by atoms with Gasteiger partial charge in [0.05, 0.1) is 0 Å². The van der Waals surface area contributed by atoms with Gasteiger partial charge in [-0.3, -0.25) is 4.79 Å². The largest absolute Gasteiger partial charge is 0.440 e. The second-order valence-corrected chi connectivity index (χ2v) is 4.24. The molecule has 13 heavy (non-hydrogen) atoms. The van der Waals surface area contributed by atoms with E-state index in [0.29, 0.717) is 0 Å². The van der Waals surface area contributed by atoms with Crippen LogP contribution in [-0.4, -0.2) is 31.6 Å². The minimum absolute atomic E-state index is 0. The summed E-state index contributed by atoms with van der Waals surface area (Å²) in [6.45, 7) is 7.26. The van der Waals surface area contributed by atoms with E-state index in [-0.39, 0.29) is 30.9 Å². The molecule has 3 nitrogen and oxygen atoms in total. The molecule has 0 aromatic heterocycles. The van der Waals surface area contributed by atoms with Crippen molar-refractivity contribution in [2.45, 2.75) is 27.2 Å². The van der Waals surface area contributed by atoms with E-state index in [0.717, 1.165) is 13.0 Å². The summed E-state index contributed by atoms with van der Waals surface area (Å²) < 4.78 is 0. The van der Waals surface area contributed by atoms with Crippen molar-refractivity contribution in [1.29, 1.82) is 0 Å². The summed E-state index contributed by atoms with van der Waals surface area (Å²) in [7, 11) is 3.30. The Balaban J connectivity index is 0. The van der Waals surface area contributed by atoms with Crippen molar-refractivity contribution in [1.82, 2.24) is 4.90 Å². The standard InChI is InChI=1S/C9H20N2O.Rh/c1-9(2,3)6-7-11(5)8(12)10-4;/h6-7H2,1-5H3,(H,10,12);/p-1. The maximum Gasteiger partial charge on any atom is 0.155 e. The first-order chi connectivity index (χ1) is 5.37. The summed E-state index contributed by atoms with van der Waals surface area (Å²) in [5.74, 6) is 0. The molecule has 2 amide bonds. The van der Waals surface area contributed by atoms with Gasteiger partial charge in [-0.25, -0.2) is 0 Å². The van der Waals surface area contributed by atoms with Crippen molar-refractivity contribution in [3.63, 3.8) is 0 Å². The monoisotopic (exact) mass is 274 g/mol. The number of hydrogen-bond acceptors (Lipinski definition) is 1. The maximum atomic E-state index is 11.0. The third kappa shape index (κ3) is 8.23. The second-order valence-electron chi connectivity index (χ2n) is 4.24. The van der Waals surface area contributed by atoms with Gasteiger partial charge in [0.1, 0.15) is 0 Å². The number of carbonyl (C=O) groups excluding carboxylic acids is 1. The Labute approximate surface area is 94.0 Å². The summed E-state index contributed by atoms with van der Waals surface area (Å²) in [6.07, 6.45) is 1.00. The summed E-state index contributed by atoms with van der Waals surface area (Å²) in [5.41, 5.74) is 0.280. The van der Waals surface area contributed by atoms with Crippen LogP contribution < -0.4 is 0 Å². The van der Waals surface area contributed by atoms with Crippen molar-refractivity contribution in [2.75, 3.05) is 20.6 Å². The molecule has 0 heterocycles. The first-order valence-corrected chi connectivity index (χ1v) is 4.22. The molecule has 0 aromatic carbocycles. The smallest absolute Gasteiger partial charge is 0.155 e. The zero-order chi connectivity index (χ0) is 9.78. The Kier molecular flexibility index (Phi) is 7.52. The molecule has 0 fully saturated rings. The Morgan fingerprint density at radius 3 is 2.15 bits per heavy atom. The van der Waals surface area contributed by atoms with Gasteiger partial charge in [-0.05, 0) is 18.4 Å². The van der Waals surface area contributed by atoms with Crippen molar-refractivity contribution in [3.05, 3.63) is 5.32 Å². The molecule has 0 spiro atoms. The molecule has 0 bridgehead atoms. The van der Waals surface area contributed by atoms with Crippen LogP contribution in [0.4, 0.5) is 4.79 Å². The van der Waals surface area contributed by atoms with Crippen LogP contribution in [0, 0.1) is 5.41 Å². The van der Waals surface area contributed by atoms with Crippen LogP contribution in [0.2, 0.25) is 0 Å². The normalized spacial score (nSPS) is 10.2. The topological polar surface area (TPSA) is 34.4 Å². The van der Waals surface area contributed by atoms with Crippen molar-refractivity contribution in [3.8, 4) is 0 Å². The number of nitrogens with zero attached hydrogens (tertiary/aromatic N) is 2.